The molecule has 0 unspecified atom stereocenters. The van der Waals surface area contributed by atoms with Crippen molar-refractivity contribution in [2.24, 2.45) is 4.99 Å². The summed E-state index contributed by atoms with van der Waals surface area (Å²) in [6.45, 7) is 11.1. The Hall–Kier alpha value is -2.44. The topological polar surface area (TPSA) is 84.0 Å². The molecule has 0 heterocycles. The lowest BCUT2D eigenvalue weighted by molar-refractivity contribution is 0.0529. The highest BCUT2D eigenvalue weighted by Crippen LogP contribution is 2.14. The van der Waals surface area contributed by atoms with Crippen molar-refractivity contribution in [3.63, 3.8) is 0 Å². The third kappa shape index (κ3) is 9.76. The van der Waals surface area contributed by atoms with Gasteiger partial charge in [0, 0.05) is 26.7 Å². The monoisotopic (exact) mass is 364 g/mol. The van der Waals surface area contributed by atoms with E-state index in [9.17, 15) is 4.79 Å². The first-order valence-corrected chi connectivity index (χ1v) is 8.86. The quantitative estimate of drug-likeness (QED) is 0.394. The molecule has 0 saturated heterocycles. The third-order valence-corrected chi connectivity index (χ3v) is 3.04. The van der Waals surface area contributed by atoms with Crippen LogP contribution in [0, 0.1) is 0 Å². The smallest absolute Gasteiger partial charge is 0.407 e. The zero-order valence-electron chi connectivity index (χ0n) is 16.7. The average molecular weight is 364 g/mol. The highest BCUT2D eigenvalue weighted by Gasteiger charge is 2.15. The van der Waals surface area contributed by atoms with E-state index >= 15 is 0 Å². The molecule has 1 aromatic carbocycles. The van der Waals surface area contributed by atoms with Crippen LogP contribution in [0.25, 0.3) is 0 Å². The summed E-state index contributed by atoms with van der Waals surface area (Å²) in [6.07, 6.45) is -0.283. The first kappa shape index (κ1) is 21.6. The van der Waals surface area contributed by atoms with Crippen molar-refractivity contribution < 1.29 is 14.3 Å². The van der Waals surface area contributed by atoms with Gasteiger partial charge >= 0.3 is 6.09 Å². The number of rotatable bonds is 7. The van der Waals surface area contributed by atoms with Crippen molar-refractivity contribution in [1.82, 2.24) is 16.0 Å². The predicted molar refractivity (Wildman–Crippen MR) is 105 cm³/mol. The summed E-state index contributed by atoms with van der Waals surface area (Å²) < 4.78 is 10.9. The molecule has 0 aliphatic carbocycles. The second-order valence-electron chi connectivity index (χ2n) is 7.10. The van der Waals surface area contributed by atoms with Crippen LogP contribution in [-0.2, 0) is 11.3 Å². The maximum Gasteiger partial charge on any atom is 0.407 e. The van der Waals surface area contributed by atoms with Gasteiger partial charge in [-0.1, -0.05) is 12.1 Å². The molecular weight excluding hydrogens is 332 g/mol. The number of benzene rings is 1. The molecule has 0 fully saturated rings. The van der Waals surface area contributed by atoms with Gasteiger partial charge in [0.1, 0.15) is 11.4 Å². The molecule has 1 amide bonds. The number of amides is 1. The van der Waals surface area contributed by atoms with Gasteiger partial charge in [-0.2, -0.15) is 0 Å². The number of alkyl carbamates (subject to hydrolysis) is 1. The van der Waals surface area contributed by atoms with Gasteiger partial charge in [0.2, 0.25) is 0 Å². The zero-order chi connectivity index (χ0) is 19.6. The Morgan fingerprint density at radius 1 is 1.15 bits per heavy atom. The van der Waals surface area contributed by atoms with Crippen LogP contribution in [0.3, 0.4) is 0 Å². The van der Waals surface area contributed by atoms with E-state index in [1.54, 1.807) is 7.05 Å². The lowest BCUT2D eigenvalue weighted by atomic mass is 10.2. The summed E-state index contributed by atoms with van der Waals surface area (Å²) in [4.78, 5) is 15.7. The number of ether oxygens (including phenoxy) is 2. The molecule has 1 aromatic rings. The van der Waals surface area contributed by atoms with Crippen LogP contribution in [-0.4, -0.2) is 43.9 Å². The fourth-order valence-electron chi connectivity index (χ4n) is 2.07. The molecular formula is C19H32N4O3. The summed E-state index contributed by atoms with van der Waals surface area (Å²) in [5.74, 6) is 1.51. The van der Waals surface area contributed by atoms with Crippen molar-refractivity contribution >= 4 is 12.1 Å². The first-order valence-electron chi connectivity index (χ1n) is 8.86. The fourth-order valence-corrected chi connectivity index (χ4v) is 2.07. The van der Waals surface area contributed by atoms with Gasteiger partial charge in [0.05, 0.1) is 6.10 Å². The first-order chi connectivity index (χ1) is 12.2. The Labute approximate surface area is 156 Å². The van der Waals surface area contributed by atoms with Gasteiger partial charge < -0.3 is 25.4 Å². The highest BCUT2D eigenvalue weighted by atomic mass is 16.6. The van der Waals surface area contributed by atoms with Gasteiger partial charge in [0.25, 0.3) is 0 Å². The van der Waals surface area contributed by atoms with Crippen molar-refractivity contribution in [2.45, 2.75) is 52.9 Å². The normalized spacial score (nSPS) is 11.9. The van der Waals surface area contributed by atoms with Gasteiger partial charge in [-0.25, -0.2) is 4.79 Å². The molecule has 3 N–H and O–H groups in total. The molecule has 0 aliphatic heterocycles. The minimum absolute atomic E-state index is 0.144. The summed E-state index contributed by atoms with van der Waals surface area (Å²) in [5.41, 5.74) is 0.598. The van der Waals surface area contributed by atoms with E-state index < -0.39 is 11.7 Å². The van der Waals surface area contributed by atoms with Gasteiger partial charge in [-0.3, -0.25) is 4.99 Å². The van der Waals surface area contributed by atoms with E-state index in [0.29, 0.717) is 25.6 Å². The Kier molecular flexibility index (Phi) is 8.75. The summed E-state index contributed by atoms with van der Waals surface area (Å²) in [5, 5.41) is 9.07. The lowest BCUT2D eigenvalue weighted by Gasteiger charge is -2.20. The number of hydrogen-bond donors (Lipinski definition) is 3. The molecule has 7 heteroatoms. The summed E-state index contributed by atoms with van der Waals surface area (Å²) >= 11 is 0. The van der Waals surface area contributed by atoms with Crippen molar-refractivity contribution in [2.75, 3.05) is 20.1 Å². The van der Waals surface area contributed by atoms with Gasteiger partial charge in [0.15, 0.2) is 5.96 Å². The number of nitrogens with one attached hydrogen (secondary N) is 3. The molecule has 146 valence electrons. The average Bonchev–Trinajstić information content (AvgIpc) is 2.52. The highest BCUT2D eigenvalue weighted by molar-refractivity contribution is 5.79. The lowest BCUT2D eigenvalue weighted by Crippen LogP contribution is -2.42. The molecule has 0 atom stereocenters. The van der Waals surface area contributed by atoms with E-state index in [0.717, 1.165) is 11.3 Å². The molecule has 26 heavy (non-hydrogen) atoms. The van der Waals surface area contributed by atoms with E-state index in [4.69, 9.17) is 9.47 Å². The maximum atomic E-state index is 11.6. The Morgan fingerprint density at radius 2 is 1.85 bits per heavy atom. The minimum Gasteiger partial charge on any atom is -0.491 e. The minimum atomic E-state index is -0.497. The summed E-state index contributed by atoms with van der Waals surface area (Å²) in [7, 11) is 1.70. The number of aliphatic imine (C=N–C) groups is 1. The number of guanidine groups is 1. The Morgan fingerprint density at radius 3 is 2.46 bits per heavy atom. The Bertz CT molecular complexity index is 595. The molecule has 0 bridgehead atoms. The SMILES string of the molecule is CN=C(NCCNC(=O)OC(C)(C)C)NCc1cccc(OC(C)C)c1. The van der Waals surface area contributed by atoms with Crippen LogP contribution in [0.5, 0.6) is 5.75 Å². The molecule has 0 aliphatic rings. The van der Waals surface area contributed by atoms with Crippen LogP contribution < -0.4 is 20.7 Å². The van der Waals surface area contributed by atoms with Crippen molar-refractivity contribution in [3.05, 3.63) is 29.8 Å². The van der Waals surface area contributed by atoms with Crippen molar-refractivity contribution in [3.8, 4) is 5.75 Å². The van der Waals surface area contributed by atoms with Crippen LogP contribution in [0.15, 0.2) is 29.3 Å². The van der Waals surface area contributed by atoms with Crippen LogP contribution in [0.2, 0.25) is 0 Å². The number of nitrogens with zero attached hydrogens (tertiary/aromatic N) is 1. The predicted octanol–water partition coefficient (Wildman–Crippen LogP) is 2.66. The number of hydrogen-bond acceptors (Lipinski definition) is 4. The van der Waals surface area contributed by atoms with Gasteiger partial charge in [-0.05, 0) is 52.3 Å². The van der Waals surface area contributed by atoms with E-state index in [1.807, 2.05) is 58.9 Å². The number of carbonyl (C=O) groups excluding carboxylic acids is 1. The van der Waals surface area contributed by atoms with E-state index in [1.165, 1.54) is 0 Å². The zero-order valence-corrected chi connectivity index (χ0v) is 16.7. The largest absolute Gasteiger partial charge is 0.491 e. The van der Waals surface area contributed by atoms with Crippen LogP contribution in [0.4, 0.5) is 4.79 Å². The fraction of sp³-hybridized carbons (Fsp3) is 0.579. The number of carbonyl (C=O) groups is 1. The van der Waals surface area contributed by atoms with Crippen molar-refractivity contribution in [1.29, 1.82) is 0 Å². The third-order valence-electron chi connectivity index (χ3n) is 3.04. The Balaban J connectivity index is 2.34. The molecule has 0 aromatic heterocycles. The molecule has 1 rings (SSSR count). The molecule has 0 radical (unpaired) electrons. The van der Waals surface area contributed by atoms with E-state index in [-0.39, 0.29) is 6.10 Å². The second kappa shape index (κ2) is 10.5. The van der Waals surface area contributed by atoms with Crippen LogP contribution >= 0.6 is 0 Å². The molecule has 0 saturated carbocycles. The molecule has 0 spiro atoms. The molecule has 7 nitrogen and oxygen atoms in total. The summed E-state index contributed by atoms with van der Waals surface area (Å²) in [6, 6.07) is 7.94. The van der Waals surface area contributed by atoms with E-state index in [2.05, 4.69) is 20.9 Å². The second-order valence-corrected chi connectivity index (χ2v) is 7.10. The maximum absolute atomic E-state index is 11.6. The van der Waals surface area contributed by atoms with Gasteiger partial charge in [-0.15, -0.1) is 0 Å². The standard InChI is InChI=1S/C19H32N4O3/c1-14(2)25-16-9-7-8-15(12-16)13-23-17(20-6)21-10-11-22-18(24)26-19(3,4)5/h7-9,12,14H,10-11,13H2,1-6H3,(H,22,24)(H2,20,21,23). The van der Waals surface area contributed by atoms with Crippen LogP contribution in [0.1, 0.15) is 40.2 Å².